The minimum absolute atomic E-state index is 0.744. The summed E-state index contributed by atoms with van der Waals surface area (Å²) in [5, 5.41) is 8.01. The van der Waals surface area contributed by atoms with Gasteiger partial charge in [-0.05, 0) is 48.7 Å². The summed E-state index contributed by atoms with van der Waals surface area (Å²) in [6.45, 7) is 0.951. The summed E-state index contributed by atoms with van der Waals surface area (Å²) in [5.41, 5.74) is 4.19. The summed E-state index contributed by atoms with van der Waals surface area (Å²) in [6, 6.07) is 15.3. The van der Waals surface area contributed by atoms with Crippen LogP contribution in [0.5, 0.6) is 0 Å². The second-order valence-electron chi connectivity index (χ2n) is 5.71. The lowest BCUT2D eigenvalue weighted by molar-refractivity contribution is 0.688. The second kappa shape index (κ2) is 5.73. The van der Waals surface area contributed by atoms with Crippen LogP contribution in [0.1, 0.15) is 18.4 Å². The normalized spacial score (nSPS) is 14.2. The lowest BCUT2D eigenvalue weighted by atomic mass is 10.2. The number of pyridine rings is 2. The molecule has 0 aliphatic heterocycles. The van der Waals surface area contributed by atoms with Crippen molar-refractivity contribution in [2.45, 2.75) is 25.4 Å². The molecule has 1 aliphatic carbocycles. The average Bonchev–Trinajstić information content (AvgIpc) is 3.39. The summed E-state index contributed by atoms with van der Waals surface area (Å²) >= 11 is 0. The van der Waals surface area contributed by atoms with Crippen LogP contribution in [0.4, 0.5) is 11.4 Å². The summed E-state index contributed by atoms with van der Waals surface area (Å²) in [6.07, 6.45) is 6.19. The third-order valence-electron chi connectivity index (χ3n) is 3.92. The summed E-state index contributed by atoms with van der Waals surface area (Å²) in [4.78, 5) is 8.57. The molecule has 2 heterocycles. The standard InChI is InChI=1S/C18H18N4/c1-2-16-17(9-11-20-18(16)19-10-1)22-15-5-3-13(4-6-15)12-21-14-7-8-14/h1-6,9-11,14,21H,7-8,12H2,(H,19,20,22). The summed E-state index contributed by atoms with van der Waals surface area (Å²) < 4.78 is 0. The predicted octanol–water partition coefficient (Wildman–Crippen LogP) is 3.63. The van der Waals surface area contributed by atoms with Crippen LogP contribution in [0.3, 0.4) is 0 Å². The Bertz CT molecular complexity index is 773. The molecule has 0 saturated heterocycles. The number of benzene rings is 1. The molecule has 2 aromatic heterocycles. The number of hydrogen-bond donors (Lipinski definition) is 2. The Morgan fingerprint density at radius 1 is 0.955 bits per heavy atom. The van der Waals surface area contributed by atoms with E-state index in [1.54, 1.807) is 12.4 Å². The molecule has 4 nitrogen and oxygen atoms in total. The van der Waals surface area contributed by atoms with E-state index >= 15 is 0 Å². The Morgan fingerprint density at radius 2 is 1.77 bits per heavy atom. The lowest BCUT2D eigenvalue weighted by Gasteiger charge is -2.10. The smallest absolute Gasteiger partial charge is 0.161 e. The minimum Gasteiger partial charge on any atom is -0.355 e. The highest BCUT2D eigenvalue weighted by molar-refractivity contribution is 5.90. The van der Waals surface area contributed by atoms with E-state index in [1.807, 2.05) is 18.2 Å². The van der Waals surface area contributed by atoms with Crippen LogP contribution in [-0.2, 0) is 6.54 Å². The van der Waals surface area contributed by atoms with Crippen molar-refractivity contribution in [2.24, 2.45) is 0 Å². The molecule has 1 aromatic carbocycles. The fraction of sp³-hybridized carbons (Fsp3) is 0.222. The number of nitrogens with one attached hydrogen (secondary N) is 2. The van der Waals surface area contributed by atoms with Crippen LogP contribution < -0.4 is 10.6 Å². The van der Waals surface area contributed by atoms with E-state index in [2.05, 4.69) is 44.9 Å². The molecule has 0 atom stereocenters. The zero-order chi connectivity index (χ0) is 14.8. The molecular formula is C18H18N4. The molecule has 110 valence electrons. The van der Waals surface area contributed by atoms with Gasteiger partial charge in [0.1, 0.15) is 0 Å². The van der Waals surface area contributed by atoms with Gasteiger partial charge in [0.05, 0.1) is 5.69 Å². The van der Waals surface area contributed by atoms with Crippen LogP contribution in [0, 0.1) is 0 Å². The van der Waals surface area contributed by atoms with Crippen molar-refractivity contribution in [1.82, 2.24) is 15.3 Å². The Hall–Kier alpha value is -2.46. The van der Waals surface area contributed by atoms with Gasteiger partial charge in [0.15, 0.2) is 5.65 Å². The van der Waals surface area contributed by atoms with Crippen LogP contribution in [-0.4, -0.2) is 16.0 Å². The van der Waals surface area contributed by atoms with E-state index in [-0.39, 0.29) is 0 Å². The molecule has 2 N–H and O–H groups in total. The van der Waals surface area contributed by atoms with Crippen LogP contribution >= 0.6 is 0 Å². The topological polar surface area (TPSA) is 49.8 Å². The monoisotopic (exact) mass is 290 g/mol. The van der Waals surface area contributed by atoms with Crippen molar-refractivity contribution in [3.8, 4) is 0 Å². The zero-order valence-corrected chi connectivity index (χ0v) is 12.3. The molecule has 4 rings (SSSR count). The number of rotatable bonds is 5. The van der Waals surface area contributed by atoms with Crippen molar-refractivity contribution in [2.75, 3.05) is 5.32 Å². The molecule has 4 heteroatoms. The van der Waals surface area contributed by atoms with Gasteiger partial charge >= 0.3 is 0 Å². The molecular weight excluding hydrogens is 272 g/mol. The maximum atomic E-state index is 4.28. The van der Waals surface area contributed by atoms with Crippen LogP contribution in [0.25, 0.3) is 11.0 Å². The maximum absolute atomic E-state index is 4.28. The van der Waals surface area contributed by atoms with Crippen LogP contribution in [0.2, 0.25) is 0 Å². The maximum Gasteiger partial charge on any atom is 0.161 e. The third-order valence-corrected chi connectivity index (χ3v) is 3.92. The molecule has 0 radical (unpaired) electrons. The van der Waals surface area contributed by atoms with Gasteiger partial charge < -0.3 is 10.6 Å². The number of hydrogen-bond acceptors (Lipinski definition) is 4. The Kier molecular flexibility index (Phi) is 3.45. The van der Waals surface area contributed by atoms with E-state index in [4.69, 9.17) is 0 Å². The number of anilines is 2. The first-order valence-electron chi connectivity index (χ1n) is 7.67. The van der Waals surface area contributed by atoms with Gasteiger partial charge in [0, 0.05) is 36.1 Å². The quantitative estimate of drug-likeness (QED) is 0.753. The molecule has 0 unspecified atom stereocenters. The largest absolute Gasteiger partial charge is 0.355 e. The van der Waals surface area contributed by atoms with E-state index in [0.29, 0.717) is 0 Å². The highest BCUT2D eigenvalue weighted by Crippen LogP contribution is 2.24. The van der Waals surface area contributed by atoms with E-state index in [0.717, 1.165) is 35.0 Å². The number of nitrogens with zero attached hydrogens (tertiary/aromatic N) is 2. The highest BCUT2D eigenvalue weighted by Gasteiger charge is 2.19. The predicted molar refractivity (Wildman–Crippen MR) is 89.1 cm³/mol. The van der Waals surface area contributed by atoms with Crippen molar-refractivity contribution in [3.05, 3.63) is 60.4 Å². The highest BCUT2D eigenvalue weighted by atomic mass is 14.9. The molecule has 0 spiro atoms. The van der Waals surface area contributed by atoms with Crippen LogP contribution in [0.15, 0.2) is 54.9 Å². The SMILES string of the molecule is c1cnc2nccc(Nc3ccc(CNC4CC4)cc3)c2c1. The van der Waals surface area contributed by atoms with Gasteiger partial charge in [-0.1, -0.05) is 12.1 Å². The van der Waals surface area contributed by atoms with Crippen molar-refractivity contribution < 1.29 is 0 Å². The molecule has 22 heavy (non-hydrogen) atoms. The zero-order valence-electron chi connectivity index (χ0n) is 12.3. The lowest BCUT2D eigenvalue weighted by Crippen LogP contribution is -2.15. The Morgan fingerprint density at radius 3 is 2.59 bits per heavy atom. The second-order valence-corrected chi connectivity index (χ2v) is 5.71. The van der Waals surface area contributed by atoms with Gasteiger partial charge in [0.25, 0.3) is 0 Å². The van der Waals surface area contributed by atoms with Gasteiger partial charge in [0.2, 0.25) is 0 Å². The summed E-state index contributed by atoms with van der Waals surface area (Å²) in [5.74, 6) is 0. The van der Waals surface area contributed by atoms with E-state index in [9.17, 15) is 0 Å². The number of fused-ring (bicyclic) bond motifs is 1. The van der Waals surface area contributed by atoms with Gasteiger partial charge in [-0.2, -0.15) is 0 Å². The molecule has 0 amide bonds. The molecule has 1 saturated carbocycles. The van der Waals surface area contributed by atoms with E-state index < -0.39 is 0 Å². The molecule has 0 bridgehead atoms. The fourth-order valence-electron chi connectivity index (χ4n) is 2.50. The van der Waals surface area contributed by atoms with Gasteiger partial charge in [-0.15, -0.1) is 0 Å². The van der Waals surface area contributed by atoms with Crippen molar-refractivity contribution in [3.63, 3.8) is 0 Å². The minimum atomic E-state index is 0.744. The molecule has 1 aliphatic rings. The molecule has 1 fully saturated rings. The third kappa shape index (κ3) is 2.92. The van der Waals surface area contributed by atoms with Crippen molar-refractivity contribution in [1.29, 1.82) is 0 Å². The average molecular weight is 290 g/mol. The Labute approximate surface area is 129 Å². The first-order chi connectivity index (χ1) is 10.9. The fourth-order valence-corrected chi connectivity index (χ4v) is 2.50. The first-order valence-corrected chi connectivity index (χ1v) is 7.67. The Balaban J connectivity index is 1.51. The number of aromatic nitrogens is 2. The van der Waals surface area contributed by atoms with Gasteiger partial charge in [-0.25, -0.2) is 9.97 Å². The van der Waals surface area contributed by atoms with Gasteiger partial charge in [-0.3, -0.25) is 0 Å². The molecule has 3 aromatic rings. The first kappa shape index (κ1) is 13.2. The summed E-state index contributed by atoms with van der Waals surface area (Å²) in [7, 11) is 0. The van der Waals surface area contributed by atoms with Crippen molar-refractivity contribution >= 4 is 22.4 Å². The van der Waals surface area contributed by atoms with E-state index in [1.165, 1.54) is 18.4 Å².